The summed E-state index contributed by atoms with van der Waals surface area (Å²) >= 11 is 0. The second kappa shape index (κ2) is 5.43. The van der Waals surface area contributed by atoms with E-state index in [4.69, 9.17) is 0 Å². The fourth-order valence-electron chi connectivity index (χ4n) is 4.46. The van der Waals surface area contributed by atoms with Crippen molar-refractivity contribution in [2.24, 2.45) is 5.41 Å². The van der Waals surface area contributed by atoms with E-state index < -0.39 is 8.07 Å². The summed E-state index contributed by atoms with van der Waals surface area (Å²) in [5, 5.41) is 0. The van der Waals surface area contributed by atoms with Crippen LogP contribution >= 0.6 is 0 Å². The molecule has 0 unspecified atom stereocenters. The van der Waals surface area contributed by atoms with Crippen LogP contribution < -0.4 is 0 Å². The van der Waals surface area contributed by atoms with E-state index in [-0.39, 0.29) is 0 Å². The molecule has 0 atom stereocenters. The molecule has 0 N–H and O–H groups in total. The van der Waals surface area contributed by atoms with E-state index in [0.717, 1.165) is 18.3 Å². The van der Waals surface area contributed by atoms with E-state index in [1.54, 1.807) is 0 Å². The minimum absolute atomic E-state index is 0.371. The summed E-state index contributed by atoms with van der Waals surface area (Å²) in [4.78, 5) is 0. The van der Waals surface area contributed by atoms with Gasteiger partial charge in [-0.05, 0) is 5.41 Å². The Morgan fingerprint density at radius 3 is 1.68 bits per heavy atom. The van der Waals surface area contributed by atoms with Gasteiger partial charge >= 0.3 is 0 Å². The van der Waals surface area contributed by atoms with Crippen LogP contribution in [0.2, 0.25) is 31.3 Å². The Labute approximate surface area is 122 Å². The Morgan fingerprint density at radius 2 is 1.37 bits per heavy atom. The highest BCUT2D eigenvalue weighted by molar-refractivity contribution is 6.83. The van der Waals surface area contributed by atoms with Gasteiger partial charge in [0.25, 0.3) is 0 Å². The van der Waals surface area contributed by atoms with E-state index in [1.807, 2.05) is 5.47 Å². The molecule has 0 aromatic heterocycles. The van der Waals surface area contributed by atoms with Gasteiger partial charge in [0.2, 0.25) is 0 Å². The van der Waals surface area contributed by atoms with Gasteiger partial charge in [0.15, 0.2) is 6.71 Å². The number of rotatable bonds is 2. The van der Waals surface area contributed by atoms with Gasteiger partial charge < -0.3 is 0 Å². The van der Waals surface area contributed by atoms with Gasteiger partial charge in [-0.15, -0.1) is 11.2 Å². The first-order valence-electron chi connectivity index (χ1n) is 8.42. The van der Waals surface area contributed by atoms with Crippen molar-refractivity contribution in [3.05, 3.63) is 11.2 Å². The number of hydrogen-bond acceptors (Lipinski definition) is 0. The van der Waals surface area contributed by atoms with Crippen molar-refractivity contribution in [1.29, 1.82) is 0 Å². The molecule has 2 rings (SSSR count). The SMILES string of the molecule is CC(C)(C)/C(=C\[Si](C)(C)C)B1C2CCCC1CCC2. The molecule has 0 aromatic rings. The van der Waals surface area contributed by atoms with Gasteiger partial charge in [0.05, 0.1) is 8.07 Å². The molecule has 2 bridgehead atoms. The largest absolute Gasteiger partial charge is 0.176 e. The molecule has 2 aliphatic heterocycles. The summed E-state index contributed by atoms with van der Waals surface area (Å²) in [6.07, 6.45) is 8.99. The minimum atomic E-state index is -1.12. The first-order valence-corrected chi connectivity index (χ1v) is 12.0. The van der Waals surface area contributed by atoms with Crippen molar-refractivity contribution in [2.75, 3.05) is 0 Å². The van der Waals surface area contributed by atoms with Gasteiger partial charge in [-0.1, -0.05) is 90.6 Å². The predicted molar refractivity (Wildman–Crippen MR) is 91.8 cm³/mol. The lowest BCUT2D eigenvalue weighted by Crippen LogP contribution is -2.41. The molecule has 108 valence electrons. The monoisotopic (exact) mass is 276 g/mol. The first kappa shape index (κ1) is 15.4. The first-order chi connectivity index (χ1) is 8.68. The van der Waals surface area contributed by atoms with Crippen LogP contribution in [-0.4, -0.2) is 14.8 Å². The van der Waals surface area contributed by atoms with E-state index in [2.05, 4.69) is 46.1 Å². The maximum absolute atomic E-state index is 2.76. The van der Waals surface area contributed by atoms with Gasteiger partial charge in [-0.3, -0.25) is 0 Å². The lowest BCUT2D eigenvalue weighted by Gasteiger charge is -2.45. The molecule has 0 aliphatic carbocycles. The van der Waals surface area contributed by atoms with Gasteiger partial charge in [-0.25, -0.2) is 0 Å². The highest BCUT2D eigenvalue weighted by atomic mass is 28.3. The fourth-order valence-corrected chi connectivity index (χ4v) is 6.02. The number of fused-ring (bicyclic) bond motifs is 2. The molecule has 19 heavy (non-hydrogen) atoms. The molecular formula is C17H33BSi. The van der Waals surface area contributed by atoms with Gasteiger partial charge in [-0.2, -0.15) is 0 Å². The zero-order valence-electron chi connectivity index (χ0n) is 14.1. The Kier molecular flexibility index (Phi) is 4.40. The topological polar surface area (TPSA) is 0 Å². The van der Waals surface area contributed by atoms with Gasteiger partial charge in [0.1, 0.15) is 0 Å². The number of hydrogen-bond donors (Lipinski definition) is 0. The highest BCUT2D eigenvalue weighted by Gasteiger charge is 2.44. The predicted octanol–water partition coefficient (Wildman–Crippen LogP) is 5.98. The Morgan fingerprint density at radius 1 is 0.947 bits per heavy atom. The molecule has 0 aromatic carbocycles. The average Bonchev–Trinajstić information content (AvgIpc) is 2.22. The van der Waals surface area contributed by atoms with Crippen molar-refractivity contribution in [3.8, 4) is 0 Å². The second-order valence-corrected chi connectivity index (χ2v) is 14.1. The molecule has 2 fully saturated rings. The average molecular weight is 276 g/mol. The maximum atomic E-state index is 2.76. The Bertz CT molecular complexity index is 323. The van der Waals surface area contributed by atoms with Crippen LogP contribution in [0, 0.1) is 5.41 Å². The highest BCUT2D eigenvalue weighted by Crippen LogP contribution is 2.51. The van der Waals surface area contributed by atoms with Crippen LogP contribution in [0.3, 0.4) is 0 Å². The molecule has 0 saturated carbocycles. The standard InChI is InChI=1S/C17H33BSi/c1-17(2,3)16(13-19(4,5)6)18-14-9-7-10-15(18)12-8-11-14/h13-15H,7-12H2,1-6H3/b16-13+. The Hall–Kier alpha value is 0.0218. The summed E-state index contributed by atoms with van der Waals surface area (Å²) in [6.45, 7) is 15.8. The summed E-state index contributed by atoms with van der Waals surface area (Å²) in [6, 6.07) is 0. The summed E-state index contributed by atoms with van der Waals surface area (Å²) in [7, 11) is -1.12. The van der Waals surface area contributed by atoms with Crippen LogP contribution in [0.5, 0.6) is 0 Å². The van der Waals surface area contributed by atoms with E-state index in [1.165, 1.54) is 38.5 Å². The molecule has 2 heterocycles. The minimum Gasteiger partial charge on any atom is -0.104 e. The van der Waals surface area contributed by atoms with Crippen molar-refractivity contribution >= 4 is 14.8 Å². The Balaban J connectivity index is 2.35. The van der Waals surface area contributed by atoms with Crippen molar-refractivity contribution in [2.45, 2.75) is 90.6 Å². The van der Waals surface area contributed by atoms with E-state index in [0.29, 0.717) is 5.41 Å². The smallest absolute Gasteiger partial charge is 0.104 e. The third kappa shape index (κ3) is 3.77. The second-order valence-electron chi connectivity index (χ2n) is 9.12. The summed E-state index contributed by atoms with van der Waals surface area (Å²) in [5.74, 6) is 2.02. The molecule has 0 amide bonds. The fraction of sp³-hybridized carbons (Fsp3) is 0.882. The molecule has 0 nitrogen and oxygen atoms in total. The molecule has 2 saturated heterocycles. The number of allylic oxidation sites excluding steroid dienone is 1. The van der Waals surface area contributed by atoms with Crippen LogP contribution in [0.25, 0.3) is 0 Å². The summed E-state index contributed by atoms with van der Waals surface area (Å²) in [5.41, 5.74) is 4.96. The van der Waals surface area contributed by atoms with Crippen molar-refractivity contribution in [3.63, 3.8) is 0 Å². The molecule has 0 spiro atoms. The molecule has 0 radical (unpaired) electrons. The van der Waals surface area contributed by atoms with Crippen molar-refractivity contribution in [1.82, 2.24) is 0 Å². The van der Waals surface area contributed by atoms with Crippen LogP contribution in [0.15, 0.2) is 11.2 Å². The van der Waals surface area contributed by atoms with E-state index in [9.17, 15) is 0 Å². The third-order valence-corrected chi connectivity index (χ3v) is 6.31. The maximum Gasteiger partial charge on any atom is 0.176 e. The molecular weight excluding hydrogens is 243 g/mol. The van der Waals surface area contributed by atoms with Crippen LogP contribution in [0.4, 0.5) is 0 Å². The quantitative estimate of drug-likeness (QED) is 0.544. The lowest BCUT2D eigenvalue weighted by molar-refractivity contribution is 0.433. The molecule has 2 aliphatic rings. The van der Waals surface area contributed by atoms with Gasteiger partial charge in [0, 0.05) is 0 Å². The van der Waals surface area contributed by atoms with Crippen molar-refractivity contribution < 1.29 is 0 Å². The zero-order chi connectivity index (χ0) is 14.3. The zero-order valence-corrected chi connectivity index (χ0v) is 15.1. The normalized spacial score (nSPS) is 29.6. The van der Waals surface area contributed by atoms with Crippen LogP contribution in [0.1, 0.15) is 59.3 Å². The van der Waals surface area contributed by atoms with E-state index >= 15 is 0 Å². The third-order valence-electron chi connectivity index (χ3n) is 5.13. The van der Waals surface area contributed by atoms with Crippen LogP contribution in [-0.2, 0) is 0 Å². The lowest BCUT2D eigenvalue weighted by atomic mass is 9.22. The molecule has 2 heteroatoms. The summed E-state index contributed by atoms with van der Waals surface area (Å²) < 4.78 is 0.